The maximum Gasteiger partial charge on any atom is 0.343 e. The number of ether oxygens (including phenoxy) is 1. The molecule has 0 aliphatic heterocycles. The summed E-state index contributed by atoms with van der Waals surface area (Å²) in [4.78, 5) is 12.9. The third kappa shape index (κ3) is 11.1. The molecule has 1 aliphatic rings. The highest BCUT2D eigenvalue weighted by atomic mass is 16.5. The van der Waals surface area contributed by atoms with Crippen molar-refractivity contribution in [3.63, 3.8) is 0 Å². The van der Waals surface area contributed by atoms with Gasteiger partial charge >= 0.3 is 5.97 Å². The first kappa shape index (κ1) is 31.9. The van der Waals surface area contributed by atoms with Crippen LogP contribution in [-0.4, -0.2) is 5.97 Å². The van der Waals surface area contributed by atoms with E-state index in [0.717, 1.165) is 24.3 Å². The number of hydrogen-bond acceptors (Lipinski definition) is 3. The average molecular weight is 544 g/mol. The van der Waals surface area contributed by atoms with Crippen LogP contribution >= 0.6 is 0 Å². The Morgan fingerprint density at radius 2 is 1.38 bits per heavy atom. The van der Waals surface area contributed by atoms with Crippen molar-refractivity contribution in [1.82, 2.24) is 0 Å². The van der Waals surface area contributed by atoms with Crippen molar-refractivity contribution < 1.29 is 9.53 Å². The number of unbranched alkanes of at least 4 members (excludes halogenated alkanes) is 11. The third-order valence-electron chi connectivity index (χ3n) is 8.87. The molecule has 3 rings (SSSR count). The van der Waals surface area contributed by atoms with E-state index in [9.17, 15) is 10.1 Å². The second-order valence-corrected chi connectivity index (χ2v) is 12.1. The zero-order valence-corrected chi connectivity index (χ0v) is 25.4. The SMILES string of the molecule is CCCCCCCCCCC1CCC(c2ccc(C(=O)Oc3ccc(CCCCCCC)cc3C#N)cc2)CC1. The van der Waals surface area contributed by atoms with Crippen LogP contribution in [0.2, 0.25) is 0 Å². The van der Waals surface area contributed by atoms with Crippen molar-refractivity contribution in [2.45, 2.75) is 142 Å². The summed E-state index contributed by atoms with van der Waals surface area (Å²) >= 11 is 0. The fourth-order valence-electron chi connectivity index (χ4n) is 6.24. The van der Waals surface area contributed by atoms with Crippen molar-refractivity contribution in [1.29, 1.82) is 5.26 Å². The van der Waals surface area contributed by atoms with E-state index in [2.05, 4.69) is 32.0 Å². The van der Waals surface area contributed by atoms with Crippen LogP contribution in [0.15, 0.2) is 42.5 Å². The van der Waals surface area contributed by atoms with E-state index in [1.807, 2.05) is 24.3 Å². The van der Waals surface area contributed by atoms with Crippen molar-refractivity contribution in [2.75, 3.05) is 0 Å². The minimum Gasteiger partial charge on any atom is -0.422 e. The summed E-state index contributed by atoms with van der Waals surface area (Å²) in [6.45, 7) is 4.50. The van der Waals surface area contributed by atoms with E-state index < -0.39 is 5.97 Å². The lowest BCUT2D eigenvalue weighted by molar-refractivity contribution is 0.0734. The number of esters is 1. The summed E-state index contributed by atoms with van der Waals surface area (Å²) in [6.07, 6.45) is 24.8. The average Bonchev–Trinajstić information content (AvgIpc) is 2.99. The third-order valence-corrected chi connectivity index (χ3v) is 8.87. The molecule has 218 valence electrons. The number of carbonyl (C=O) groups is 1. The normalized spacial score (nSPS) is 16.9. The molecule has 1 saturated carbocycles. The predicted octanol–water partition coefficient (Wildman–Crippen LogP) is 11.1. The summed E-state index contributed by atoms with van der Waals surface area (Å²) in [5.74, 6) is 1.44. The number of carbonyl (C=O) groups excluding carboxylic acids is 1. The first-order valence-corrected chi connectivity index (χ1v) is 16.5. The Bertz CT molecular complexity index is 1030. The number of hydrogen-bond donors (Lipinski definition) is 0. The molecule has 2 aromatic rings. The second kappa shape index (κ2) is 18.7. The van der Waals surface area contributed by atoms with Crippen LogP contribution in [0, 0.1) is 17.2 Å². The molecule has 2 aromatic carbocycles. The fourth-order valence-corrected chi connectivity index (χ4v) is 6.24. The van der Waals surface area contributed by atoms with E-state index in [-0.39, 0.29) is 0 Å². The molecule has 0 amide bonds. The number of rotatable bonds is 18. The summed E-state index contributed by atoms with van der Waals surface area (Å²) < 4.78 is 5.65. The van der Waals surface area contributed by atoms with Gasteiger partial charge < -0.3 is 4.74 Å². The minimum absolute atomic E-state index is 0.348. The van der Waals surface area contributed by atoms with Crippen LogP contribution in [0.4, 0.5) is 0 Å². The molecular formula is C37H53NO2. The molecule has 0 aromatic heterocycles. The smallest absolute Gasteiger partial charge is 0.343 e. The molecule has 0 heterocycles. The molecule has 0 N–H and O–H groups in total. The monoisotopic (exact) mass is 543 g/mol. The molecule has 0 saturated heterocycles. The number of nitriles is 1. The fraction of sp³-hybridized carbons (Fsp3) is 0.622. The zero-order valence-electron chi connectivity index (χ0n) is 25.4. The van der Waals surface area contributed by atoms with Gasteiger partial charge in [0.15, 0.2) is 0 Å². The standard InChI is InChI=1S/C37H53NO2/c1-3-5-7-9-10-11-13-14-16-30-18-21-32(22-19-30)33-23-25-34(26-24-33)37(39)40-36-27-20-31(28-35(36)29-38)17-15-12-8-6-4-2/h20,23-28,30,32H,3-19,21-22H2,1-2H3. The Hall–Kier alpha value is -2.60. The van der Waals surface area contributed by atoms with E-state index in [1.165, 1.54) is 115 Å². The highest BCUT2D eigenvalue weighted by Crippen LogP contribution is 2.38. The molecule has 0 atom stereocenters. The Balaban J connectivity index is 1.40. The van der Waals surface area contributed by atoms with Crippen molar-refractivity contribution >= 4 is 5.97 Å². The van der Waals surface area contributed by atoms with Crippen LogP contribution in [0.25, 0.3) is 0 Å². The number of nitrogens with zero attached hydrogens (tertiary/aromatic N) is 1. The van der Waals surface area contributed by atoms with Crippen molar-refractivity contribution in [3.8, 4) is 11.8 Å². The lowest BCUT2D eigenvalue weighted by Crippen LogP contribution is -2.14. The molecule has 3 nitrogen and oxygen atoms in total. The van der Waals surface area contributed by atoms with Crippen molar-refractivity contribution in [2.24, 2.45) is 5.92 Å². The lowest BCUT2D eigenvalue weighted by atomic mass is 9.77. The van der Waals surface area contributed by atoms with Gasteiger partial charge in [-0.2, -0.15) is 5.26 Å². The first-order chi connectivity index (χ1) is 19.6. The van der Waals surface area contributed by atoms with Gasteiger partial charge in [0.05, 0.1) is 11.1 Å². The van der Waals surface area contributed by atoms with E-state index >= 15 is 0 Å². The number of aryl methyl sites for hydroxylation is 1. The van der Waals surface area contributed by atoms with Crippen LogP contribution in [0.5, 0.6) is 5.75 Å². The molecule has 0 bridgehead atoms. The quantitative estimate of drug-likeness (QED) is 0.107. The van der Waals surface area contributed by atoms with Gasteiger partial charge in [-0.3, -0.25) is 0 Å². The van der Waals surface area contributed by atoms with Gasteiger partial charge in [0.1, 0.15) is 11.8 Å². The predicted molar refractivity (Wildman–Crippen MR) is 167 cm³/mol. The largest absolute Gasteiger partial charge is 0.422 e. The van der Waals surface area contributed by atoms with Crippen molar-refractivity contribution in [3.05, 3.63) is 64.7 Å². The van der Waals surface area contributed by atoms with Gasteiger partial charge in [0.2, 0.25) is 0 Å². The van der Waals surface area contributed by atoms with Gasteiger partial charge in [0.25, 0.3) is 0 Å². The van der Waals surface area contributed by atoms with Gasteiger partial charge in [-0.25, -0.2) is 4.79 Å². The molecule has 1 aliphatic carbocycles. The topological polar surface area (TPSA) is 50.1 Å². The zero-order chi connectivity index (χ0) is 28.4. The maximum absolute atomic E-state index is 12.9. The van der Waals surface area contributed by atoms with Crippen LogP contribution in [0.3, 0.4) is 0 Å². The Morgan fingerprint density at radius 1 is 0.775 bits per heavy atom. The second-order valence-electron chi connectivity index (χ2n) is 12.1. The summed E-state index contributed by atoms with van der Waals surface area (Å²) in [5.41, 5.74) is 3.43. The van der Waals surface area contributed by atoms with Gasteiger partial charge in [-0.15, -0.1) is 0 Å². The van der Waals surface area contributed by atoms with Crippen LogP contribution in [-0.2, 0) is 6.42 Å². The molecule has 1 fully saturated rings. The Kier molecular flexibility index (Phi) is 14.9. The van der Waals surface area contributed by atoms with E-state index in [0.29, 0.717) is 22.8 Å². The van der Waals surface area contributed by atoms with E-state index in [4.69, 9.17) is 4.74 Å². The van der Waals surface area contributed by atoms with Crippen LogP contribution in [0.1, 0.15) is 162 Å². The highest BCUT2D eigenvalue weighted by molar-refractivity contribution is 5.91. The number of benzene rings is 2. The first-order valence-electron chi connectivity index (χ1n) is 16.5. The van der Waals surface area contributed by atoms with E-state index in [1.54, 1.807) is 6.07 Å². The van der Waals surface area contributed by atoms with Gasteiger partial charge in [-0.1, -0.05) is 116 Å². The molecule has 0 spiro atoms. The molecular weight excluding hydrogens is 490 g/mol. The Labute approximate surface area is 244 Å². The highest BCUT2D eigenvalue weighted by Gasteiger charge is 2.22. The summed E-state index contributed by atoms with van der Waals surface area (Å²) in [7, 11) is 0. The van der Waals surface area contributed by atoms with Gasteiger partial charge in [-0.05, 0) is 85.8 Å². The molecule has 3 heteroatoms. The molecule has 40 heavy (non-hydrogen) atoms. The summed E-state index contributed by atoms with van der Waals surface area (Å²) in [5, 5.41) is 9.63. The van der Waals surface area contributed by atoms with Crippen LogP contribution < -0.4 is 4.74 Å². The minimum atomic E-state index is -0.399. The van der Waals surface area contributed by atoms with Gasteiger partial charge in [0, 0.05) is 0 Å². The lowest BCUT2D eigenvalue weighted by Gasteiger charge is -2.29. The molecule has 0 radical (unpaired) electrons. The molecule has 0 unspecified atom stereocenters. The Morgan fingerprint density at radius 3 is 2.00 bits per heavy atom. The summed E-state index contributed by atoms with van der Waals surface area (Å²) in [6, 6.07) is 15.8. The maximum atomic E-state index is 12.9.